The van der Waals surface area contributed by atoms with Crippen molar-refractivity contribution in [1.29, 1.82) is 0 Å². The first-order valence-electron chi connectivity index (χ1n) is 9.46. The van der Waals surface area contributed by atoms with Gasteiger partial charge in [0.15, 0.2) is 0 Å². The number of rotatable bonds is 5. The van der Waals surface area contributed by atoms with Gasteiger partial charge in [-0.2, -0.15) is 13.2 Å². The number of aldehydes is 1. The van der Waals surface area contributed by atoms with Crippen molar-refractivity contribution >= 4 is 12.4 Å². The maximum absolute atomic E-state index is 14.4. The Morgan fingerprint density at radius 3 is 2.47 bits per heavy atom. The lowest BCUT2D eigenvalue weighted by atomic mass is 9.97. The van der Waals surface area contributed by atoms with Crippen LogP contribution >= 0.6 is 0 Å². The van der Waals surface area contributed by atoms with Gasteiger partial charge in [-0.25, -0.2) is 8.78 Å². The van der Waals surface area contributed by atoms with Crippen LogP contribution in [0.5, 0.6) is 11.5 Å². The van der Waals surface area contributed by atoms with Gasteiger partial charge >= 0.3 is 6.18 Å². The zero-order chi connectivity index (χ0) is 22.9. The number of fused-ring (bicyclic) bond motifs is 1. The largest absolute Gasteiger partial charge is 0.489 e. The smallest absolute Gasteiger partial charge is 0.417 e. The van der Waals surface area contributed by atoms with E-state index in [1.165, 1.54) is 42.5 Å². The third-order valence-corrected chi connectivity index (χ3v) is 4.90. The Balaban J connectivity index is 1.61. The molecule has 0 amide bonds. The van der Waals surface area contributed by atoms with Crippen LogP contribution in [0.3, 0.4) is 0 Å². The lowest BCUT2D eigenvalue weighted by Crippen LogP contribution is -2.10. The monoisotopic (exact) mass is 446 g/mol. The predicted molar refractivity (Wildman–Crippen MR) is 107 cm³/mol. The highest BCUT2D eigenvalue weighted by Gasteiger charge is 2.34. The molecule has 0 unspecified atom stereocenters. The zero-order valence-corrected chi connectivity index (χ0v) is 16.4. The van der Waals surface area contributed by atoms with E-state index in [0.29, 0.717) is 6.29 Å². The SMILES string of the molecule is O=CC1=Cc2c(F)cc(OCc3ccc(-c4ccccc4F)c(C(F)(F)F)c3)cc2OC1. The van der Waals surface area contributed by atoms with Crippen molar-refractivity contribution in [2.24, 2.45) is 0 Å². The average molecular weight is 446 g/mol. The van der Waals surface area contributed by atoms with Gasteiger partial charge in [0.05, 0.1) is 11.1 Å². The molecule has 0 atom stereocenters. The summed E-state index contributed by atoms with van der Waals surface area (Å²) < 4.78 is 80.2. The molecule has 0 saturated carbocycles. The second-order valence-corrected chi connectivity index (χ2v) is 7.09. The molecule has 3 aromatic carbocycles. The van der Waals surface area contributed by atoms with E-state index in [1.807, 2.05) is 0 Å². The fourth-order valence-corrected chi connectivity index (χ4v) is 3.36. The molecule has 32 heavy (non-hydrogen) atoms. The van der Waals surface area contributed by atoms with Gasteiger partial charge in [-0.05, 0) is 29.3 Å². The molecule has 0 fully saturated rings. The van der Waals surface area contributed by atoms with E-state index < -0.39 is 23.4 Å². The molecule has 3 nitrogen and oxygen atoms in total. The Morgan fingerprint density at radius 1 is 0.969 bits per heavy atom. The number of carbonyl (C=O) groups is 1. The summed E-state index contributed by atoms with van der Waals surface area (Å²) in [6, 6.07) is 11.1. The van der Waals surface area contributed by atoms with Crippen LogP contribution in [-0.4, -0.2) is 12.9 Å². The van der Waals surface area contributed by atoms with Crippen LogP contribution in [-0.2, 0) is 17.6 Å². The lowest BCUT2D eigenvalue weighted by Gasteiger charge is -2.18. The fourth-order valence-electron chi connectivity index (χ4n) is 3.36. The third-order valence-electron chi connectivity index (χ3n) is 4.90. The molecule has 8 heteroatoms. The Morgan fingerprint density at radius 2 is 1.75 bits per heavy atom. The van der Waals surface area contributed by atoms with E-state index >= 15 is 0 Å². The molecule has 0 aliphatic carbocycles. The Hall–Kier alpha value is -3.68. The first kappa shape index (κ1) is 21.5. The molecule has 0 saturated heterocycles. The Labute approximate surface area is 179 Å². The number of hydrogen-bond donors (Lipinski definition) is 0. The molecular weight excluding hydrogens is 431 g/mol. The van der Waals surface area contributed by atoms with Crippen molar-refractivity contribution in [1.82, 2.24) is 0 Å². The summed E-state index contributed by atoms with van der Waals surface area (Å²) in [6.07, 6.45) is -2.79. The molecule has 3 aromatic rings. The summed E-state index contributed by atoms with van der Waals surface area (Å²) in [6.45, 7) is -0.305. The summed E-state index contributed by atoms with van der Waals surface area (Å²) in [5.41, 5.74) is -0.914. The van der Waals surface area contributed by atoms with Gasteiger partial charge in [-0.15, -0.1) is 0 Å². The van der Waals surface area contributed by atoms with Gasteiger partial charge in [0.25, 0.3) is 0 Å². The number of carbonyl (C=O) groups excluding carboxylic acids is 1. The molecule has 0 radical (unpaired) electrons. The topological polar surface area (TPSA) is 35.5 Å². The summed E-state index contributed by atoms with van der Waals surface area (Å²) in [5, 5.41) is 0. The Kier molecular flexibility index (Phi) is 5.69. The van der Waals surface area contributed by atoms with Crippen molar-refractivity contribution in [3.05, 3.63) is 88.5 Å². The van der Waals surface area contributed by atoms with Gasteiger partial charge in [0, 0.05) is 23.3 Å². The summed E-state index contributed by atoms with van der Waals surface area (Å²) in [5.74, 6) is -1.24. The minimum Gasteiger partial charge on any atom is -0.489 e. The fraction of sp³-hybridized carbons (Fsp3) is 0.125. The minimum absolute atomic E-state index is 0.0220. The second kappa shape index (κ2) is 8.45. The van der Waals surface area contributed by atoms with Gasteiger partial charge < -0.3 is 9.47 Å². The molecule has 0 bridgehead atoms. The molecule has 1 aliphatic rings. The van der Waals surface area contributed by atoms with Crippen molar-refractivity contribution in [2.45, 2.75) is 12.8 Å². The molecule has 0 aromatic heterocycles. The maximum atomic E-state index is 14.4. The molecule has 164 valence electrons. The zero-order valence-electron chi connectivity index (χ0n) is 16.4. The molecule has 4 rings (SSSR count). The second-order valence-electron chi connectivity index (χ2n) is 7.09. The van der Waals surface area contributed by atoms with E-state index in [1.54, 1.807) is 0 Å². The normalized spacial score (nSPS) is 13.1. The van der Waals surface area contributed by atoms with E-state index in [4.69, 9.17) is 9.47 Å². The van der Waals surface area contributed by atoms with Gasteiger partial charge in [0.2, 0.25) is 0 Å². The maximum Gasteiger partial charge on any atom is 0.417 e. The van der Waals surface area contributed by atoms with Gasteiger partial charge in [0.1, 0.15) is 42.6 Å². The standard InChI is InChI=1S/C24H15F5O3/c25-21-4-2-1-3-18(21)17-6-5-14(8-20(17)24(27,28)29)12-31-16-9-22(26)19-7-15(11-30)13-32-23(19)10-16/h1-11H,12-13H2. The van der Waals surface area contributed by atoms with Crippen molar-refractivity contribution in [2.75, 3.05) is 6.61 Å². The number of ether oxygens (including phenoxy) is 2. The third kappa shape index (κ3) is 4.34. The van der Waals surface area contributed by atoms with E-state index in [-0.39, 0.29) is 52.5 Å². The Bertz CT molecular complexity index is 1210. The van der Waals surface area contributed by atoms with E-state index in [9.17, 15) is 26.7 Å². The molecule has 0 N–H and O–H groups in total. The van der Waals surface area contributed by atoms with E-state index in [2.05, 4.69) is 0 Å². The first-order valence-corrected chi connectivity index (χ1v) is 9.46. The van der Waals surface area contributed by atoms with E-state index in [0.717, 1.165) is 18.2 Å². The quantitative estimate of drug-likeness (QED) is 0.346. The van der Waals surface area contributed by atoms with Gasteiger partial charge in [-0.3, -0.25) is 4.79 Å². The average Bonchev–Trinajstić information content (AvgIpc) is 2.77. The minimum atomic E-state index is -4.72. The predicted octanol–water partition coefficient (Wildman–Crippen LogP) is 6.20. The van der Waals surface area contributed by atoms with Crippen molar-refractivity contribution < 1.29 is 36.2 Å². The first-order chi connectivity index (χ1) is 15.3. The van der Waals surface area contributed by atoms with Crippen LogP contribution in [0.15, 0.2) is 60.2 Å². The van der Waals surface area contributed by atoms with Crippen LogP contribution in [0.2, 0.25) is 0 Å². The number of hydrogen-bond acceptors (Lipinski definition) is 3. The van der Waals surface area contributed by atoms with Gasteiger partial charge in [-0.1, -0.05) is 30.3 Å². The summed E-state index contributed by atoms with van der Waals surface area (Å²) >= 11 is 0. The summed E-state index contributed by atoms with van der Waals surface area (Å²) in [7, 11) is 0. The highest BCUT2D eigenvalue weighted by atomic mass is 19.4. The van der Waals surface area contributed by atoms with Crippen LogP contribution in [0.1, 0.15) is 16.7 Å². The van der Waals surface area contributed by atoms with Crippen LogP contribution in [0, 0.1) is 11.6 Å². The molecular formula is C24H15F5O3. The lowest BCUT2D eigenvalue weighted by molar-refractivity contribution is -0.137. The number of alkyl halides is 3. The molecule has 1 heterocycles. The van der Waals surface area contributed by atoms with Crippen LogP contribution < -0.4 is 9.47 Å². The number of halogens is 5. The number of benzene rings is 3. The van der Waals surface area contributed by atoms with Crippen molar-refractivity contribution in [3.63, 3.8) is 0 Å². The summed E-state index contributed by atoms with van der Waals surface area (Å²) in [4.78, 5) is 10.8. The van der Waals surface area contributed by atoms with Crippen molar-refractivity contribution in [3.8, 4) is 22.6 Å². The highest BCUT2D eigenvalue weighted by Crippen LogP contribution is 2.39. The molecule has 0 spiro atoms. The molecule has 1 aliphatic heterocycles. The van der Waals surface area contributed by atoms with Crippen LogP contribution in [0.25, 0.3) is 17.2 Å². The highest BCUT2D eigenvalue weighted by molar-refractivity contribution is 5.84. The van der Waals surface area contributed by atoms with Crippen LogP contribution in [0.4, 0.5) is 22.0 Å².